The number of rotatable bonds is 5. The molecule has 0 spiro atoms. The van der Waals surface area contributed by atoms with Gasteiger partial charge in [0.05, 0.1) is 26.0 Å². The molecule has 3 rings (SSSR count). The Morgan fingerprint density at radius 3 is 2.72 bits per heavy atom. The van der Waals surface area contributed by atoms with Gasteiger partial charge in [-0.1, -0.05) is 12.1 Å². The molecule has 1 aliphatic rings. The van der Waals surface area contributed by atoms with Gasteiger partial charge >= 0.3 is 6.03 Å². The number of nitrogens with zero attached hydrogens (tertiary/aromatic N) is 2. The van der Waals surface area contributed by atoms with Crippen LogP contribution in [0.5, 0.6) is 5.75 Å². The minimum absolute atomic E-state index is 0.265. The van der Waals surface area contributed by atoms with E-state index in [9.17, 15) is 4.79 Å². The van der Waals surface area contributed by atoms with Gasteiger partial charge in [0.15, 0.2) is 5.82 Å². The van der Waals surface area contributed by atoms with E-state index in [4.69, 9.17) is 9.47 Å². The highest BCUT2D eigenvalue weighted by Crippen LogP contribution is 2.23. The molecule has 2 N–H and O–H groups in total. The lowest BCUT2D eigenvalue weighted by Crippen LogP contribution is -2.38. The molecule has 1 aromatic carbocycles. The van der Waals surface area contributed by atoms with Crippen molar-refractivity contribution < 1.29 is 14.3 Å². The molecule has 132 valence electrons. The molecule has 1 aliphatic heterocycles. The van der Waals surface area contributed by atoms with Crippen LogP contribution in [0.25, 0.3) is 0 Å². The van der Waals surface area contributed by atoms with E-state index in [-0.39, 0.29) is 6.03 Å². The fourth-order valence-electron chi connectivity index (χ4n) is 2.61. The third kappa shape index (κ3) is 4.60. The Labute approximate surface area is 147 Å². The Kier molecular flexibility index (Phi) is 5.69. The highest BCUT2D eigenvalue weighted by Gasteiger charge is 2.17. The topological polar surface area (TPSA) is 75.7 Å². The van der Waals surface area contributed by atoms with E-state index in [1.165, 1.54) is 0 Å². The molecular formula is C18H22N4O3. The van der Waals surface area contributed by atoms with Crippen LogP contribution < -0.4 is 20.3 Å². The second-order valence-corrected chi connectivity index (χ2v) is 5.63. The minimum Gasteiger partial charge on any atom is -0.497 e. The second-order valence-electron chi connectivity index (χ2n) is 5.63. The number of hydrogen-bond donors (Lipinski definition) is 2. The Balaban J connectivity index is 1.58. The minimum atomic E-state index is -0.265. The van der Waals surface area contributed by atoms with Crippen molar-refractivity contribution in [1.82, 2.24) is 10.3 Å². The summed E-state index contributed by atoms with van der Waals surface area (Å²) < 4.78 is 10.5. The van der Waals surface area contributed by atoms with E-state index in [1.807, 2.05) is 36.4 Å². The molecule has 0 radical (unpaired) electrons. The molecule has 25 heavy (non-hydrogen) atoms. The summed E-state index contributed by atoms with van der Waals surface area (Å²) in [5, 5.41) is 5.73. The predicted molar refractivity (Wildman–Crippen MR) is 96.1 cm³/mol. The molecule has 1 aromatic heterocycles. The SMILES string of the molecule is COc1ccc(CNC(=O)Nc2cccnc2N2CCOCC2)cc1. The summed E-state index contributed by atoms with van der Waals surface area (Å²) in [6.45, 7) is 3.29. The van der Waals surface area contributed by atoms with Crippen molar-refractivity contribution in [3.63, 3.8) is 0 Å². The molecular weight excluding hydrogens is 320 g/mol. The number of anilines is 2. The smallest absolute Gasteiger partial charge is 0.319 e. The molecule has 2 aromatic rings. The quantitative estimate of drug-likeness (QED) is 0.872. The van der Waals surface area contributed by atoms with E-state index >= 15 is 0 Å². The van der Waals surface area contributed by atoms with Crippen LogP contribution in [0.3, 0.4) is 0 Å². The van der Waals surface area contributed by atoms with E-state index < -0.39 is 0 Å². The third-order valence-electron chi connectivity index (χ3n) is 3.96. The van der Waals surface area contributed by atoms with Crippen LogP contribution in [0.4, 0.5) is 16.3 Å². The molecule has 2 heterocycles. The molecule has 0 unspecified atom stereocenters. The molecule has 1 fully saturated rings. The van der Waals surface area contributed by atoms with Crippen LogP contribution in [-0.2, 0) is 11.3 Å². The van der Waals surface area contributed by atoms with E-state index in [1.54, 1.807) is 13.3 Å². The average molecular weight is 342 g/mol. The Morgan fingerprint density at radius 1 is 1.24 bits per heavy atom. The van der Waals surface area contributed by atoms with Gasteiger partial charge in [0.25, 0.3) is 0 Å². The first kappa shape index (κ1) is 17.0. The standard InChI is InChI=1S/C18H22N4O3/c1-24-15-6-4-14(5-7-15)13-20-18(23)21-16-3-2-8-19-17(16)22-9-11-25-12-10-22/h2-8H,9-13H2,1H3,(H2,20,21,23). The fourth-order valence-corrected chi connectivity index (χ4v) is 2.61. The van der Waals surface area contributed by atoms with Gasteiger partial charge < -0.3 is 25.0 Å². The molecule has 0 saturated carbocycles. The number of hydrogen-bond acceptors (Lipinski definition) is 5. The number of amides is 2. The van der Waals surface area contributed by atoms with Crippen LogP contribution in [0.1, 0.15) is 5.56 Å². The van der Waals surface area contributed by atoms with Crippen LogP contribution in [-0.4, -0.2) is 44.4 Å². The van der Waals surface area contributed by atoms with Crippen molar-refractivity contribution in [2.75, 3.05) is 43.6 Å². The summed E-state index contributed by atoms with van der Waals surface area (Å²) in [5.74, 6) is 1.56. The zero-order valence-electron chi connectivity index (χ0n) is 14.2. The lowest BCUT2D eigenvalue weighted by molar-refractivity contribution is 0.122. The Bertz CT molecular complexity index is 700. The molecule has 2 amide bonds. The monoisotopic (exact) mass is 342 g/mol. The average Bonchev–Trinajstić information content (AvgIpc) is 2.68. The number of benzene rings is 1. The number of methoxy groups -OCH3 is 1. The molecule has 0 atom stereocenters. The summed E-state index contributed by atoms with van der Waals surface area (Å²) >= 11 is 0. The van der Waals surface area contributed by atoms with Gasteiger partial charge in [0, 0.05) is 25.8 Å². The lowest BCUT2D eigenvalue weighted by atomic mass is 10.2. The molecule has 1 saturated heterocycles. The largest absolute Gasteiger partial charge is 0.497 e. The number of morpholine rings is 1. The zero-order valence-corrected chi connectivity index (χ0v) is 14.2. The van der Waals surface area contributed by atoms with Crippen molar-refractivity contribution in [2.45, 2.75) is 6.54 Å². The van der Waals surface area contributed by atoms with E-state index in [0.29, 0.717) is 25.4 Å². The maximum absolute atomic E-state index is 12.2. The number of carbonyl (C=O) groups excluding carboxylic acids is 1. The van der Waals surface area contributed by atoms with Crippen molar-refractivity contribution in [3.05, 3.63) is 48.2 Å². The van der Waals surface area contributed by atoms with Gasteiger partial charge in [-0.3, -0.25) is 0 Å². The molecule has 7 nitrogen and oxygen atoms in total. The Hall–Kier alpha value is -2.80. The highest BCUT2D eigenvalue weighted by molar-refractivity contribution is 5.92. The highest BCUT2D eigenvalue weighted by atomic mass is 16.5. The summed E-state index contributed by atoms with van der Waals surface area (Å²) in [6, 6.07) is 11.0. The van der Waals surface area contributed by atoms with Gasteiger partial charge in [0.1, 0.15) is 5.75 Å². The predicted octanol–water partition coefficient (Wildman–Crippen LogP) is 2.25. The molecule has 0 bridgehead atoms. The van der Waals surface area contributed by atoms with Gasteiger partial charge in [-0.15, -0.1) is 0 Å². The summed E-state index contributed by atoms with van der Waals surface area (Å²) in [5.41, 5.74) is 1.69. The summed E-state index contributed by atoms with van der Waals surface area (Å²) in [7, 11) is 1.63. The van der Waals surface area contributed by atoms with Gasteiger partial charge in [-0.2, -0.15) is 0 Å². The normalized spacial score (nSPS) is 14.0. The van der Waals surface area contributed by atoms with E-state index in [0.717, 1.165) is 30.2 Å². The van der Waals surface area contributed by atoms with E-state index in [2.05, 4.69) is 20.5 Å². The van der Waals surface area contributed by atoms with Crippen molar-refractivity contribution in [1.29, 1.82) is 0 Å². The van der Waals surface area contributed by atoms with Crippen LogP contribution >= 0.6 is 0 Å². The van der Waals surface area contributed by atoms with Crippen molar-refractivity contribution >= 4 is 17.5 Å². The Morgan fingerprint density at radius 2 is 2.00 bits per heavy atom. The van der Waals surface area contributed by atoms with Gasteiger partial charge in [0.2, 0.25) is 0 Å². The number of ether oxygens (including phenoxy) is 2. The van der Waals surface area contributed by atoms with Gasteiger partial charge in [-0.25, -0.2) is 9.78 Å². The van der Waals surface area contributed by atoms with Crippen molar-refractivity contribution in [2.24, 2.45) is 0 Å². The zero-order chi connectivity index (χ0) is 17.5. The number of aromatic nitrogens is 1. The van der Waals surface area contributed by atoms with Crippen LogP contribution in [0.15, 0.2) is 42.6 Å². The number of carbonyl (C=O) groups is 1. The summed E-state index contributed by atoms with van der Waals surface area (Å²) in [4.78, 5) is 18.7. The second kappa shape index (κ2) is 8.34. The molecule has 7 heteroatoms. The number of nitrogens with one attached hydrogen (secondary N) is 2. The maximum Gasteiger partial charge on any atom is 0.319 e. The number of pyridine rings is 1. The summed E-state index contributed by atoms with van der Waals surface area (Å²) in [6.07, 6.45) is 1.73. The van der Waals surface area contributed by atoms with Crippen LogP contribution in [0, 0.1) is 0 Å². The third-order valence-corrected chi connectivity index (χ3v) is 3.96. The van der Waals surface area contributed by atoms with Crippen molar-refractivity contribution in [3.8, 4) is 5.75 Å². The number of urea groups is 1. The van der Waals surface area contributed by atoms with Gasteiger partial charge in [-0.05, 0) is 29.8 Å². The first-order chi connectivity index (χ1) is 12.3. The van der Waals surface area contributed by atoms with Crippen LogP contribution in [0.2, 0.25) is 0 Å². The first-order valence-electron chi connectivity index (χ1n) is 8.22. The lowest BCUT2D eigenvalue weighted by Gasteiger charge is -2.29. The fraction of sp³-hybridized carbons (Fsp3) is 0.333. The molecule has 0 aliphatic carbocycles. The maximum atomic E-state index is 12.2. The first-order valence-corrected chi connectivity index (χ1v) is 8.22.